The number of nitrogens with two attached hydrogens (primary N) is 1. The summed E-state index contributed by atoms with van der Waals surface area (Å²) in [6.45, 7) is 7.95. The smallest absolute Gasteiger partial charge is 0.281 e. The van der Waals surface area contributed by atoms with E-state index in [0.29, 0.717) is 23.7 Å². The van der Waals surface area contributed by atoms with E-state index in [0.717, 1.165) is 29.6 Å². The third-order valence-electron chi connectivity index (χ3n) is 6.07. The van der Waals surface area contributed by atoms with Crippen molar-refractivity contribution in [3.05, 3.63) is 34.7 Å². The van der Waals surface area contributed by atoms with E-state index in [1.807, 2.05) is 24.3 Å². The van der Waals surface area contributed by atoms with Crippen LogP contribution in [0.5, 0.6) is 5.75 Å². The van der Waals surface area contributed by atoms with Crippen LogP contribution in [0, 0.1) is 0 Å². The molecule has 7 heteroatoms. The van der Waals surface area contributed by atoms with Crippen LogP contribution >= 0.6 is 11.8 Å². The average Bonchev–Trinajstić information content (AvgIpc) is 3.21. The Bertz CT molecular complexity index is 779. The number of likely N-dealkylation sites (tertiary alicyclic amines) is 2. The SMILES string of the molecule is CCCN1CCCCC1N1CCC[C@H]1COc1ccc(/C=C(/SC(N)=O)C(C)=O)cc1. The van der Waals surface area contributed by atoms with Crippen molar-refractivity contribution >= 4 is 28.9 Å². The number of amides is 1. The lowest BCUT2D eigenvalue weighted by molar-refractivity contribution is -0.112. The molecular weight excluding hydrogens is 410 g/mol. The third kappa shape index (κ3) is 6.82. The first-order valence-corrected chi connectivity index (χ1v) is 12.2. The molecule has 2 fully saturated rings. The Labute approximate surface area is 190 Å². The van der Waals surface area contributed by atoms with E-state index in [4.69, 9.17) is 10.5 Å². The average molecular weight is 446 g/mol. The maximum Gasteiger partial charge on any atom is 0.281 e. The lowest BCUT2D eigenvalue weighted by atomic mass is 10.1. The molecule has 0 saturated carbocycles. The van der Waals surface area contributed by atoms with Gasteiger partial charge in [0.15, 0.2) is 5.78 Å². The van der Waals surface area contributed by atoms with E-state index >= 15 is 0 Å². The number of rotatable bonds is 9. The van der Waals surface area contributed by atoms with E-state index in [1.165, 1.54) is 58.5 Å². The zero-order chi connectivity index (χ0) is 22.2. The molecule has 2 saturated heterocycles. The zero-order valence-electron chi connectivity index (χ0n) is 18.7. The molecule has 31 heavy (non-hydrogen) atoms. The Morgan fingerprint density at radius 2 is 1.94 bits per heavy atom. The Balaban J connectivity index is 1.59. The number of nitrogens with zero attached hydrogens (tertiary/aromatic N) is 2. The van der Waals surface area contributed by atoms with Gasteiger partial charge in [-0.2, -0.15) is 0 Å². The maximum absolute atomic E-state index is 11.7. The van der Waals surface area contributed by atoms with Gasteiger partial charge >= 0.3 is 0 Å². The summed E-state index contributed by atoms with van der Waals surface area (Å²) in [7, 11) is 0. The van der Waals surface area contributed by atoms with Crippen molar-refractivity contribution in [2.45, 2.75) is 64.6 Å². The number of allylic oxidation sites excluding steroid dienone is 1. The van der Waals surface area contributed by atoms with Crippen molar-refractivity contribution in [1.29, 1.82) is 0 Å². The fourth-order valence-corrected chi connectivity index (χ4v) is 5.20. The zero-order valence-corrected chi connectivity index (χ0v) is 19.5. The molecule has 2 heterocycles. The highest BCUT2D eigenvalue weighted by atomic mass is 32.2. The number of thioether (sulfide) groups is 1. The minimum Gasteiger partial charge on any atom is -0.492 e. The van der Waals surface area contributed by atoms with Gasteiger partial charge in [-0.1, -0.05) is 19.1 Å². The molecule has 2 aliphatic rings. The highest BCUT2D eigenvalue weighted by molar-refractivity contribution is 8.17. The predicted molar refractivity (Wildman–Crippen MR) is 127 cm³/mol. The molecule has 3 rings (SSSR count). The number of primary amides is 1. The van der Waals surface area contributed by atoms with Crippen molar-refractivity contribution in [3.8, 4) is 5.75 Å². The summed E-state index contributed by atoms with van der Waals surface area (Å²) in [5.41, 5.74) is 6.04. The van der Waals surface area contributed by atoms with Crippen LogP contribution in [0.15, 0.2) is 29.2 Å². The minimum absolute atomic E-state index is 0.176. The van der Waals surface area contributed by atoms with E-state index < -0.39 is 5.24 Å². The van der Waals surface area contributed by atoms with Crippen molar-refractivity contribution < 1.29 is 14.3 Å². The fourth-order valence-electron chi connectivity index (χ4n) is 4.64. The highest BCUT2D eigenvalue weighted by Crippen LogP contribution is 2.29. The number of piperidine rings is 1. The first-order valence-electron chi connectivity index (χ1n) is 11.4. The predicted octanol–water partition coefficient (Wildman–Crippen LogP) is 4.49. The van der Waals surface area contributed by atoms with Gasteiger partial charge in [0.05, 0.1) is 11.1 Å². The number of benzene rings is 1. The molecule has 0 aromatic heterocycles. The molecule has 0 bridgehead atoms. The standard InChI is InChI=1S/C24H35N3O3S/c1-3-13-26-14-5-4-8-23(26)27-15-6-7-20(27)17-30-21-11-9-19(10-12-21)16-22(18(2)28)31-24(25)29/h9-12,16,20,23H,3-8,13-15,17H2,1-2H3,(H2,25,29)/b22-16+/t20-,23?/m0/s1. The fraction of sp³-hybridized carbons (Fsp3) is 0.583. The maximum atomic E-state index is 11.7. The second kappa shape index (κ2) is 11.7. The second-order valence-corrected chi connectivity index (χ2v) is 9.46. The van der Waals surface area contributed by atoms with Gasteiger partial charge in [0, 0.05) is 12.6 Å². The number of hydrogen-bond acceptors (Lipinski definition) is 6. The van der Waals surface area contributed by atoms with Crippen molar-refractivity contribution in [1.82, 2.24) is 9.80 Å². The quantitative estimate of drug-likeness (QED) is 0.564. The molecule has 1 aromatic rings. The van der Waals surface area contributed by atoms with Gasteiger partial charge in [0.25, 0.3) is 5.24 Å². The molecule has 2 atom stereocenters. The van der Waals surface area contributed by atoms with Gasteiger partial charge in [-0.25, -0.2) is 0 Å². The van der Waals surface area contributed by atoms with Crippen molar-refractivity contribution in [2.75, 3.05) is 26.2 Å². The summed E-state index contributed by atoms with van der Waals surface area (Å²) < 4.78 is 6.15. The van der Waals surface area contributed by atoms with Crippen molar-refractivity contribution in [3.63, 3.8) is 0 Å². The van der Waals surface area contributed by atoms with Gasteiger partial charge in [0.1, 0.15) is 12.4 Å². The minimum atomic E-state index is -0.585. The van der Waals surface area contributed by atoms with Crippen molar-refractivity contribution in [2.24, 2.45) is 5.73 Å². The summed E-state index contributed by atoms with van der Waals surface area (Å²) >= 11 is 0.761. The van der Waals surface area contributed by atoms with E-state index in [-0.39, 0.29) is 5.78 Å². The lowest BCUT2D eigenvalue weighted by Crippen LogP contribution is -2.53. The normalized spacial score (nSPS) is 23.1. The lowest BCUT2D eigenvalue weighted by Gasteiger charge is -2.43. The molecule has 0 spiro atoms. The number of ether oxygens (including phenoxy) is 1. The summed E-state index contributed by atoms with van der Waals surface area (Å²) in [4.78, 5) is 28.5. The van der Waals surface area contributed by atoms with Crippen LogP contribution in [-0.2, 0) is 4.79 Å². The first-order chi connectivity index (χ1) is 15.0. The van der Waals surface area contributed by atoms with Crippen LogP contribution in [0.25, 0.3) is 6.08 Å². The Morgan fingerprint density at radius 1 is 1.16 bits per heavy atom. The molecule has 0 radical (unpaired) electrons. The van der Waals surface area contributed by atoms with Gasteiger partial charge in [0.2, 0.25) is 0 Å². The molecule has 1 aromatic carbocycles. The van der Waals surface area contributed by atoms with E-state index in [9.17, 15) is 9.59 Å². The van der Waals surface area contributed by atoms with E-state index in [2.05, 4.69) is 16.7 Å². The summed E-state index contributed by atoms with van der Waals surface area (Å²) in [6, 6.07) is 8.09. The number of carbonyl (C=O) groups is 2. The van der Waals surface area contributed by atoms with Gasteiger partial charge in [-0.3, -0.25) is 19.4 Å². The number of ketones is 1. The van der Waals surface area contributed by atoms with Crippen LogP contribution in [0.3, 0.4) is 0 Å². The van der Waals surface area contributed by atoms with Crippen LogP contribution in [0.1, 0.15) is 57.9 Å². The topological polar surface area (TPSA) is 75.9 Å². The van der Waals surface area contributed by atoms with Crippen LogP contribution < -0.4 is 10.5 Å². The highest BCUT2D eigenvalue weighted by Gasteiger charge is 2.35. The molecule has 6 nitrogen and oxygen atoms in total. The van der Waals surface area contributed by atoms with E-state index in [1.54, 1.807) is 6.08 Å². The summed E-state index contributed by atoms with van der Waals surface area (Å²) in [5.74, 6) is 0.648. The molecule has 2 N–H and O–H groups in total. The van der Waals surface area contributed by atoms with Gasteiger partial charge < -0.3 is 10.5 Å². The van der Waals surface area contributed by atoms with Gasteiger partial charge in [-0.15, -0.1) is 0 Å². The molecule has 1 amide bonds. The second-order valence-electron chi connectivity index (χ2n) is 8.41. The summed E-state index contributed by atoms with van der Waals surface area (Å²) in [6.07, 6.45) is 9.77. The molecule has 1 unspecified atom stereocenters. The third-order valence-corrected chi connectivity index (χ3v) is 6.90. The Kier molecular flexibility index (Phi) is 8.99. The molecule has 0 aliphatic carbocycles. The molecule has 2 aliphatic heterocycles. The molecule has 170 valence electrons. The van der Waals surface area contributed by atoms with Crippen LogP contribution in [0.2, 0.25) is 0 Å². The number of carbonyl (C=O) groups excluding carboxylic acids is 2. The van der Waals surface area contributed by atoms with Crippen LogP contribution in [0.4, 0.5) is 4.79 Å². The first kappa shape index (κ1) is 23.8. The molecular formula is C24H35N3O3S. The monoisotopic (exact) mass is 445 g/mol. The van der Waals surface area contributed by atoms with Gasteiger partial charge in [-0.05, 0) is 94.1 Å². The largest absolute Gasteiger partial charge is 0.492 e. The summed E-state index contributed by atoms with van der Waals surface area (Å²) in [5, 5.41) is -0.585. The number of Topliss-reactive ketones (excluding diaryl/α,β-unsaturated/α-hetero) is 1. The Morgan fingerprint density at radius 3 is 2.61 bits per heavy atom. The Hall–Kier alpha value is -1.83. The number of hydrogen-bond donors (Lipinski definition) is 1. The van der Waals surface area contributed by atoms with Crippen LogP contribution in [-0.4, -0.2) is 59.3 Å².